The molecule has 1 aromatic heterocycles. The van der Waals surface area contributed by atoms with Crippen LogP contribution in [0.25, 0.3) is 0 Å². The first-order valence-electron chi connectivity index (χ1n) is 8.52. The molecule has 7 heteroatoms. The number of furan rings is 1. The van der Waals surface area contributed by atoms with Gasteiger partial charge in [-0.1, -0.05) is 6.07 Å². The zero-order valence-electron chi connectivity index (χ0n) is 16.3. The van der Waals surface area contributed by atoms with Crippen molar-refractivity contribution in [2.45, 2.75) is 26.3 Å². The molecule has 0 atom stereocenters. The van der Waals surface area contributed by atoms with Gasteiger partial charge in [0.05, 0.1) is 27.9 Å². The summed E-state index contributed by atoms with van der Waals surface area (Å²) in [6.45, 7) is 1.97. The van der Waals surface area contributed by atoms with Gasteiger partial charge in [-0.25, -0.2) is 4.79 Å². The Morgan fingerprint density at radius 1 is 1.07 bits per heavy atom. The van der Waals surface area contributed by atoms with E-state index in [-0.39, 0.29) is 12.5 Å². The Bertz CT molecular complexity index is 811. The van der Waals surface area contributed by atoms with Crippen LogP contribution >= 0.6 is 0 Å². The molecule has 0 saturated heterocycles. The van der Waals surface area contributed by atoms with Crippen molar-refractivity contribution >= 4 is 11.9 Å². The van der Waals surface area contributed by atoms with E-state index in [0.29, 0.717) is 41.4 Å². The number of carbonyl (C=O) groups is 2. The maximum atomic E-state index is 12.4. The largest absolute Gasteiger partial charge is 0.493 e. The van der Waals surface area contributed by atoms with Crippen molar-refractivity contribution in [1.82, 2.24) is 4.90 Å². The highest BCUT2D eigenvalue weighted by Crippen LogP contribution is 2.28. The van der Waals surface area contributed by atoms with E-state index in [1.165, 1.54) is 7.11 Å². The van der Waals surface area contributed by atoms with Crippen LogP contribution in [0.4, 0.5) is 0 Å². The second-order valence-electron chi connectivity index (χ2n) is 6.11. The molecular formula is C20H25NO6. The smallest absolute Gasteiger partial charge is 0.341 e. The van der Waals surface area contributed by atoms with E-state index >= 15 is 0 Å². The van der Waals surface area contributed by atoms with E-state index in [1.807, 2.05) is 18.2 Å². The maximum absolute atomic E-state index is 12.4. The summed E-state index contributed by atoms with van der Waals surface area (Å²) in [5, 5.41) is 0. The Kier molecular flexibility index (Phi) is 6.87. The molecule has 0 aliphatic carbocycles. The molecule has 0 saturated carbocycles. The summed E-state index contributed by atoms with van der Waals surface area (Å²) in [5.41, 5.74) is 1.36. The number of amides is 1. The van der Waals surface area contributed by atoms with E-state index in [1.54, 1.807) is 39.2 Å². The highest BCUT2D eigenvalue weighted by atomic mass is 16.5. The van der Waals surface area contributed by atoms with Crippen LogP contribution in [-0.4, -0.2) is 45.2 Å². The Hall–Kier alpha value is -2.96. The van der Waals surface area contributed by atoms with Gasteiger partial charge in [-0.15, -0.1) is 0 Å². The lowest BCUT2D eigenvalue weighted by molar-refractivity contribution is -0.130. The van der Waals surface area contributed by atoms with Crippen molar-refractivity contribution in [1.29, 1.82) is 0 Å². The van der Waals surface area contributed by atoms with Crippen LogP contribution in [0.2, 0.25) is 0 Å². The van der Waals surface area contributed by atoms with Crippen molar-refractivity contribution < 1.29 is 28.2 Å². The van der Waals surface area contributed by atoms with Crippen LogP contribution < -0.4 is 9.47 Å². The number of esters is 1. The lowest BCUT2D eigenvalue weighted by Gasteiger charge is -2.16. The molecule has 27 heavy (non-hydrogen) atoms. The molecule has 0 aliphatic rings. The van der Waals surface area contributed by atoms with E-state index < -0.39 is 5.97 Å². The van der Waals surface area contributed by atoms with Crippen molar-refractivity contribution in [3.63, 3.8) is 0 Å². The van der Waals surface area contributed by atoms with Gasteiger partial charge in [-0.2, -0.15) is 0 Å². The Labute approximate surface area is 158 Å². The van der Waals surface area contributed by atoms with Crippen LogP contribution in [0.1, 0.15) is 33.9 Å². The number of nitrogens with zero attached hydrogens (tertiary/aromatic N) is 1. The molecule has 0 bridgehead atoms. The molecule has 0 fully saturated rings. The SMILES string of the molecule is COC(=O)c1cc(CN(C)C(=O)CCc2ccc(OC)c(OC)c2)oc1C. The van der Waals surface area contributed by atoms with E-state index in [4.69, 9.17) is 18.6 Å². The third-order valence-corrected chi connectivity index (χ3v) is 4.27. The fourth-order valence-corrected chi connectivity index (χ4v) is 2.73. The molecule has 1 amide bonds. The minimum Gasteiger partial charge on any atom is -0.493 e. The third-order valence-electron chi connectivity index (χ3n) is 4.27. The molecule has 7 nitrogen and oxygen atoms in total. The molecule has 1 heterocycles. The van der Waals surface area contributed by atoms with Crippen molar-refractivity contribution in [3.05, 3.63) is 46.9 Å². The molecule has 0 unspecified atom stereocenters. The molecule has 1 aromatic carbocycles. The number of ether oxygens (including phenoxy) is 3. The molecule has 0 spiro atoms. The zero-order chi connectivity index (χ0) is 20.0. The number of benzene rings is 1. The first kappa shape index (κ1) is 20.4. The number of hydrogen-bond acceptors (Lipinski definition) is 6. The normalized spacial score (nSPS) is 10.4. The molecule has 0 radical (unpaired) electrons. The fourth-order valence-electron chi connectivity index (χ4n) is 2.73. The van der Waals surface area contributed by atoms with Gasteiger partial charge in [0.2, 0.25) is 5.91 Å². The first-order chi connectivity index (χ1) is 12.9. The third kappa shape index (κ3) is 5.03. The Morgan fingerprint density at radius 2 is 1.78 bits per heavy atom. The Morgan fingerprint density at radius 3 is 2.41 bits per heavy atom. The van der Waals surface area contributed by atoms with E-state index in [2.05, 4.69) is 0 Å². The lowest BCUT2D eigenvalue weighted by atomic mass is 10.1. The summed E-state index contributed by atoms with van der Waals surface area (Å²) in [7, 11) is 6.18. The minimum absolute atomic E-state index is 0.0292. The zero-order valence-corrected chi connectivity index (χ0v) is 16.3. The molecule has 2 rings (SSSR count). The number of rotatable bonds is 8. The number of hydrogen-bond donors (Lipinski definition) is 0. The maximum Gasteiger partial charge on any atom is 0.341 e. The number of aryl methyl sites for hydroxylation is 2. The quantitative estimate of drug-likeness (QED) is 0.660. The molecule has 2 aromatic rings. The van der Waals surface area contributed by atoms with Crippen molar-refractivity contribution in [3.8, 4) is 11.5 Å². The van der Waals surface area contributed by atoms with Crippen LogP contribution in [0.5, 0.6) is 11.5 Å². The topological polar surface area (TPSA) is 78.2 Å². The molecular weight excluding hydrogens is 350 g/mol. The highest BCUT2D eigenvalue weighted by Gasteiger charge is 2.18. The monoisotopic (exact) mass is 375 g/mol. The van der Waals surface area contributed by atoms with Crippen LogP contribution in [0.3, 0.4) is 0 Å². The van der Waals surface area contributed by atoms with Crippen LogP contribution in [-0.2, 0) is 22.5 Å². The summed E-state index contributed by atoms with van der Waals surface area (Å²) < 4.78 is 20.8. The average Bonchev–Trinajstić information content (AvgIpc) is 3.04. The molecule has 146 valence electrons. The summed E-state index contributed by atoms with van der Waals surface area (Å²) in [4.78, 5) is 25.6. The van der Waals surface area contributed by atoms with Gasteiger partial charge in [0.1, 0.15) is 17.1 Å². The summed E-state index contributed by atoms with van der Waals surface area (Å²) >= 11 is 0. The van der Waals surface area contributed by atoms with Gasteiger partial charge in [-0.3, -0.25) is 4.79 Å². The lowest BCUT2D eigenvalue weighted by Crippen LogP contribution is -2.26. The second-order valence-corrected chi connectivity index (χ2v) is 6.11. The second kappa shape index (κ2) is 9.12. The molecule has 0 aliphatic heterocycles. The van der Waals surface area contributed by atoms with Crippen molar-refractivity contribution in [2.24, 2.45) is 0 Å². The predicted molar refractivity (Wildman–Crippen MR) is 99.1 cm³/mol. The standard InChI is InChI=1S/C20H25NO6/c1-13-16(20(23)26-5)11-15(27-13)12-21(2)19(22)9-7-14-6-8-17(24-3)18(10-14)25-4/h6,8,10-11H,7,9,12H2,1-5H3. The summed E-state index contributed by atoms with van der Waals surface area (Å²) in [6.07, 6.45) is 0.920. The van der Waals surface area contributed by atoms with Gasteiger partial charge >= 0.3 is 5.97 Å². The van der Waals surface area contributed by atoms with Gasteiger partial charge in [0, 0.05) is 13.5 Å². The highest BCUT2D eigenvalue weighted by molar-refractivity contribution is 5.90. The van der Waals surface area contributed by atoms with Gasteiger partial charge in [-0.05, 0) is 37.1 Å². The van der Waals surface area contributed by atoms with E-state index in [9.17, 15) is 9.59 Å². The summed E-state index contributed by atoms with van der Waals surface area (Å²) in [6, 6.07) is 7.21. The minimum atomic E-state index is -0.454. The molecule has 0 N–H and O–H groups in total. The van der Waals surface area contributed by atoms with E-state index in [0.717, 1.165) is 5.56 Å². The van der Waals surface area contributed by atoms with Gasteiger partial charge < -0.3 is 23.5 Å². The average molecular weight is 375 g/mol. The summed E-state index contributed by atoms with van der Waals surface area (Å²) in [5.74, 6) is 1.82. The Balaban J connectivity index is 1.95. The predicted octanol–water partition coefficient (Wildman–Crippen LogP) is 2.98. The fraction of sp³-hybridized carbons (Fsp3) is 0.400. The van der Waals surface area contributed by atoms with Crippen molar-refractivity contribution in [2.75, 3.05) is 28.4 Å². The number of methoxy groups -OCH3 is 3. The van der Waals surface area contributed by atoms with Gasteiger partial charge in [0.25, 0.3) is 0 Å². The number of carbonyl (C=O) groups excluding carboxylic acids is 2. The van der Waals surface area contributed by atoms with Gasteiger partial charge in [0.15, 0.2) is 11.5 Å². The first-order valence-corrected chi connectivity index (χ1v) is 8.52. The van der Waals surface area contributed by atoms with Crippen LogP contribution in [0.15, 0.2) is 28.7 Å². The van der Waals surface area contributed by atoms with Crippen LogP contribution in [0, 0.1) is 6.92 Å².